The van der Waals surface area contributed by atoms with Crippen molar-refractivity contribution in [1.29, 1.82) is 0 Å². The minimum atomic E-state index is -4.07. The van der Waals surface area contributed by atoms with E-state index in [9.17, 15) is 13.2 Å². The van der Waals surface area contributed by atoms with Gasteiger partial charge in [0.05, 0.1) is 6.42 Å². The fourth-order valence-electron chi connectivity index (χ4n) is 1.88. The Morgan fingerprint density at radius 1 is 1.21 bits per heavy atom. The molecule has 5 heteroatoms. The number of nitrogens with one attached hydrogen (secondary N) is 1. The molecule has 0 aromatic heterocycles. The lowest BCUT2D eigenvalue weighted by atomic mass is 10.0. The van der Waals surface area contributed by atoms with Gasteiger partial charge in [-0.2, -0.15) is 13.2 Å². The van der Waals surface area contributed by atoms with Crippen molar-refractivity contribution in [1.82, 2.24) is 5.32 Å². The Morgan fingerprint density at radius 2 is 1.79 bits per heavy atom. The number of halogens is 4. The molecule has 0 spiro atoms. The van der Waals surface area contributed by atoms with Gasteiger partial charge in [0.1, 0.15) is 0 Å². The van der Waals surface area contributed by atoms with Crippen LogP contribution in [0.4, 0.5) is 13.2 Å². The summed E-state index contributed by atoms with van der Waals surface area (Å²) in [6.45, 7) is -0.0176. The van der Waals surface area contributed by atoms with Crippen LogP contribution in [0.5, 0.6) is 0 Å². The summed E-state index contributed by atoms with van der Waals surface area (Å²) in [6, 6.07) is 0. The van der Waals surface area contributed by atoms with Gasteiger partial charge in [0.15, 0.2) is 0 Å². The van der Waals surface area contributed by atoms with Crippen molar-refractivity contribution in [3.05, 3.63) is 0 Å². The van der Waals surface area contributed by atoms with Gasteiger partial charge in [0.25, 0.3) is 0 Å². The van der Waals surface area contributed by atoms with Crippen molar-refractivity contribution in [2.24, 2.45) is 0 Å². The third-order valence-electron chi connectivity index (χ3n) is 2.72. The van der Waals surface area contributed by atoms with Crippen molar-refractivity contribution in [3.63, 3.8) is 0 Å². The molecule has 14 heavy (non-hydrogen) atoms. The van der Waals surface area contributed by atoms with E-state index in [1.165, 1.54) is 0 Å². The lowest BCUT2D eigenvalue weighted by Crippen LogP contribution is -2.45. The minimum absolute atomic E-state index is 0.0176. The maximum atomic E-state index is 11.9. The molecule has 1 saturated carbocycles. The molecule has 1 aliphatic rings. The summed E-state index contributed by atoms with van der Waals surface area (Å²) in [5, 5.41) is 2.95. The summed E-state index contributed by atoms with van der Waals surface area (Å²) in [6.07, 6.45) is -0.926. The quantitative estimate of drug-likeness (QED) is 0.731. The van der Waals surface area contributed by atoms with Crippen LogP contribution in [0.1, 0.15) is 32.1 Å². The third kappa shape index (κ3) is 3.65. The largest absolute Gasteiger partial charge is 0.390 e. The average molecular weight is 230 g/mol. The van der Waals surface area contributed by atoms with Crippen molar-refractivity contribution in [2.45, 2.75) is 43.8 Å². The Labute approximate surface area is 87.0 Å². The van der Waals surface area contributed by atoms with E-state index in [4.69, 9.17) is 11.6 Å². The van der Waals surface area contributed by atoms with Crippen molar-refractivity contribution >= 4 is 11.6 Å². The lowest BCUT2D eigenvalue weighted by molar-refractivity contribution is -0.134. The lowest BCUT2D eigenvalue weighted by Gasteiger charge is -2.28. The van der Waals surface area contributed by atoms with E-state index < -0.39 is 12.6 Å². The summed E-state index contributed by atoms with van der Waals surface area (Å²) >= 11 is 5.77. The molecule has 0 heterocycles. The number of rotatable bonds is 4. The van der Waals surface area contributed by atoms with Gasteiger partial charge in [-0.3, -0.25) is 0 Å². The molecule has 0 unspecified atom stereocenters. The Bertz CT molecular complexity index is 175. The van der Waals surface area contributed by atoms with Crippen LogP contribution in [0, 0.1) is 0 Å². The molecule has 0 amide bonds. The molecule has 0 aromatic carbocycles. The van der Waals surface area contributed by atoms with Gasteiger partial charge in [0.2, 0.25) is 0 Å². The fraction of sp³-hybridized carbons (Fsp3) is 1.00. The highest BCUT2D eigenvalue weighted by Crippen LogP contribution is 2.31. The smallest absolute Gasteiger partial charge is 0.310 e. The second-order valence-electron chi connectivity index (χ2n) is 3.91. The predicted molar refractivity (Wildman–Crippen MR) is 50.6 cm³/mol. The fourth-order valence-corrected chi connectivity index (χ4v) is 2.24. The van der Waals surface area contributed by atoms with Crippen molar-refractivity contribution in [2.75, 3.05) is 12.4 Å². The summed E-state index contributed by atoms with van der Waals surface area (Å²) in [7, 11) is 0. The minimum Gasteiger partial charge on any atom is -0.310 e. The zero-order valence-electron chi connectivity index (χ0n) is 7.96. The van der Waals surface area contributed by atoms with Crippen molar-refractivity contribution in [3.8, 4) is 0 Å². The van der Waals surface area contributed by atoms with E-state index in [1.54, 1.807) is 0 Å². The van der Waals surface area contributed by atoms with Gasteiger partial charge >= 0.3 is 6.18 Å². The maximum absolute atomic E-state index is 11.9. The second-order valence-corrected chi connectivity index (χ2v) is 4.18. The van der Waals surface area contributed by atoms with Crippen molar-refractivity contribution < 1.29 is 13.2 Å². The van der Waals surface area contributed by atoms with Gasteiger partial charge in [0, 0.05) is 18.0 Å². The van der Waals surface area contributed by atoms with Gasteiger partial charge in [-0.15, -0.1) is 11.6 Å². The molecule has 1 aliphatic carbocycles. The Kier molecular flexibility index (Phi) is 4.07. The first-order valence-corrected chi connectivity index (χ1v) is 5.39. The Balaban J connectivity index is 2.28. The van der Waals surface area contributed by atoms with E-state index in [0.29, 0.717) is 5.88 Å². The van der Waals surface area contributed by atoms with E-state index in [2.05, 4.69) is 5.32 Å². The molecule has 0 bridgehead atoms. The first kappa shape index (κ1) is 12.1. The highest BCUT2D eigenvalue weighted by Gasteiger charge is 2.34. The number of hydrogen-bond donors (Lipinski definition) is 1. The standard InChI is InChI=1S/C9H15ClF3N/c10-7-8(3-1-2-4-8)14-6-5-9(11,12)13/h14H,1-7H2. The first-order valence-electron chi connectivity index (χ1n) is 4.85. The molecule has 1 N–H and O–H groups in total. The molecule has 0 aromatic rings. The average Bonchev–Trinajstić information content (AvgIpc) is 2.52. The molecule has 1 rings (SSSR count). The van der Waals surface area contributed by atoms with Crippen LogP contribution in [-0.4, -0.2) is 24.1 Å². The van der Waals surface area contributed by atoms with Gasteiger partial charge in [-0.1, -0.05) is 12.8 Å². The molecule has 0 saturated heterocycles. The zero-order valence-corrected chi connectivity index (χ0v) is 8.72. The van der Waals surface area contributed by atoms with Crippen LogP contribution in [0.15, 0.2) is 0 Å². The van der Waals surface area contributed by atoms with Crippen LogP contribution in [0.3, 0.4) is 0 Å². The Hall–Kier alpha value is 0.0400. The molecular weight excluding hydrogens is 215 g/mol. The zero-order chi connectivity index (χ0) is 10.7. The van der Waals surface area contributed by atoms with Crippen LogP contribution >= 0.6 is 11.6 Å². The molecule has 1 fully saturated rings. The van der Waals surface area contributed by atoms with E-state index >= 15 is 0 Å². The SMILES string of the molecule is FC(F)(F)CCNC1(CCl)CCCC1. The van der Waals surface area contributed by atoms with Gasteiger partial charge in [-0.05, 0) is 12.8 Å². The Morgan fingerprint density at radius 3 is 2.21 bits per heavy atom. The molecule has 1 nitrogen and oxygen atoms in total. The van der Waals surface area contributed by atoms with E-state index in [0.717, 1.165) is 25.7 Å². The summed E-state index contributed by atoms with van der Waals surface area (Å²) in [5.41, 5.74) is -0.229. The molecule has 0 aliphatic heterocycles. The number of alkyl halides is 4. The summed E-state index contributed by atoms with van der Waals surface area (Å²) in [5.74, 6) is 0.408. The van der Waals surface area contributed by atoms with Crippen LogP contribution in [-0.2, 0) is 0 Å². The third-order valence-corrected chi connectivity index (χ3v) is 3.24. The summed E-state index contributed by atoms with van der Waals surface area (Å²) < 4.78 is 35.7. The van der Waals surface area contributed by atoms with Crippen LogP contribution in [0.2, 0.25) is 0 Å². The highest BCUT2D eigenvalue weighted by atomic mass is 35.5. The molecule has 0 radical (unpaired) electrons. The number of hydrogen-bond acceptors (Lipinski definition) is 1. The molecule has 0 atom stereocenters. The van der Waals surface area contributed by atoms with Gasteiger partial charge < -0.3 is 5.32 Å². The normalized spacial score (nSPS) is 21.4. The first-order chi connectivity index (χ1) is 6.47. The maximum Gasteiger partial charge on any atom is 0.390 e. The highest BCUT2D eigenvalue weighted by molar-refractivity contribution is 6.18. The second kappa shape index (κ2) is 4.71. The van der Waals surface area contributed by atoms with Crippen LogP contribution < -0.4 is 5.32 Å². The summed E-state index contributed by atoms with van der Waals surface area (Å²) in [4.78, 5) is 0. The predicted octanol–water partition coefficient (Wildman–Crippen LogP) is 3.08. The van der Waals surface area contributed by atoms with E-state index in [1.807, 2.05) is 0 Å². The topological polar surface area (TPSA) is 12.0 Å². The van der Waals surface area contributed by atoms with Crippen LogP contribution in [0.25, 0.3) is 0 Å². The van der Waals surface area contributed by atoms with E-state index in [-0.39, 0.29) is 12.1 Å². The van der Waals surface area contributed by atoms with Gasteiger partial charge in [-0.25, -0.2) is 0 Å². The molecular formula is C9H15ClF3N. The molecule has 84 valence electrons. The monoisotopic (exact) mass is 229 g/mol.